The molecule has 0 saturated carbocycles. The molecule has 43 nitrogen and oxygen atoms in total. The van der Waals surface area contributed by atoms with Crippen molar-refractivity contribution in [2.45, 2.75) is 337 Å². The number of allylic oxidation sites excluding steroid dienone is 2. The van der Waals surface area contributed by atoms with Gasteiger partial charge in [-0.05, 0) is 138 Å². The highest BCUT2D eigenvalue weighted by molar-refractivity contribution is 6.05. The number of unbranched alkanes of at least 4 members (excludes halogenated alkanes) is 4. The SMILES string of the molecule is C/C=C(\NC(=O)C(NC(=O)C(C)NC(=O)C(NC(=O)C(C)NC(=O)CNC(=O)C(NC(=O)C(C)NC(=O)C(C)NC(=O)C(C)NC(=O)C(C)NC(=O)C(CC(C)C)NC(=O)C1CCCN1C(=O)/C(=C\C)NC(=O)CC(O)CCCCCCC)C(C)C)C(C)C)C(C)C)C(=O)NC1C(=O)NC(C)C(=O)NC(C(C)N)C(=O)NC(C(C)N)C(=O)NC(Cc2ccccc2)C(=O)OC1C. The van der Waals surface area contributed by atoms with Crippen molar-refractivity contribution in [2.75, 3.05) is 13.1 Å². The molecule has 0 aromatic heterocycles. The fourth-order valence-electron chi connectivity index (χ4n) is 13.7. The first-order valence-electron chi connectivity index (χ1n) is 44.8. The highest BCUT2D eigenvalue weighted by atomic mass is 16.5. The summed E-state index contributed by atoms with van der Waals surface area (Å²) < 4.78 is 5.78. The van der Waals surface area contributed by atoms with Gasteiger partial charge >= 0.3 is 5.97 Å². The number of aliphatic hydroxyl groups excluding tert-OH is 1. The molecule has 2 aliphatic rings. The van der Waals surface area contributed by atoms with Gasteiger partial charge in [0.1, 0.15) is 114 Å². The van der Waals surface area contributed by atoms with Crippen LogP contribution in [0.4, 0.5) is 0 Å². The third-order valence-corrected chi connectivity index (χ3v) is 21.7. The largest absolute Gasteiger partial charge is 0.458 e. The van der Waals surface area contributed by atoms with Crippen LogP contribution in [0.2, 0.25) is 0 Å². The minimum absolute atomic E-state index is 0.0658. The smallest absolute Gasteiger partial charge is 0.329 e. The number of nitrogens with one attached hydrogen (secondary N) is 18. The molecule has 43 heteroatoms. The van der Waals surface area contributed by atoms with Crippen molar-refractivity contribution >= 4 is 118 Å². The van der Waals surface area contributed by atoms with Gasteiger partial charge in [-0.15, -0.1) is 0 Å². The van der Waals surface area contributed by atoms with E-state index in [9.17, 15) is 101 Å². The summed E-state index contributed by atoms with van der Waals surface area (Å²) in [6.07, 6.45) is 5.82. The molecule has 2 fully saturated rings. The fraction of sp³-hybridized carbons (Fsp3) is 0.659. The number of benzene rings is 1. The second kappa shape index (κ2) is 55.2. The lowest BCUT2D eigenvalue weighted by Crippen LogP contribution is -2.65. The number of ether oxygens (including phenoxy) is 1. The Balaban J connectivity index is 1.58. The van der Waals surface area contributed by atoms with E-state index in [2.05, 4.69) is 103 Å². The second-order valence-electron chi connectivity index (χ2n) is 35.0. The number of nitrogens with two attached hydrogens (primary N) is 2. The predicted molar refractivity (Wildman–Crippen MR) is 481 cm³/mol. The maximum Gasteiger partial charge on any atom is 0.329 e. The average molecular weight is 1850 g/mol. The van der Waals surface area contributed by atoms with Crippen molar-refractivity contribution in [2.24, 2.45) is 35.1 Å². The first kappa shape index (κ1) is 113. The van der Waals surface area contributed by atoms with Crippen LogP contribution in [0.25, 0.3) is 0 Å². The maximum atomic E-state index is 14.3. The molecule has 0 aliphatic carbocycles. The Morgan fingerprint density at radius 2 is 0.954 bits per heavy atom. The normalized spacial score (nSPS) is 20.7. The summed E-state index contributed by atoms with van der Waals surface area (Å²) in [5, 5.41) is 55.4. The number of likely N-dealkylation sites (tertiary alicyclic amines) is 1. The number of carbonyl (C=O) groups excluding carboxylic acids is 20. The standard InChI is InChI=1S/C88H143N21O22/c1-22-25-26-27-31-35-57(110)40-63(111)99-59(24-3)87(129)109-37-32-36-62(109)80(122)101-60(38-42(4)5)79(121)96-51(17)73(115)94-49(15)71(113)93-50(16)72(114)95-52(18)75(117)103-65(43(6)7)81(123)91-41-64(112)92-48(14)74(116)104-66(44(8)9)82(124)97-53(19)76(118)105-67(45(10)11)83(125)100-58(23-2)78(120)108-70-55(21)131-88(130)61(39-56-33-29-28-30-34-56)102-84(126)68(46(12)89)107-85(127)69(47(13)90)106-77(119)54(20)98-86(70)128/h23-24,28-30,33-34,42-55,57,60-62,65-70,110H,22,25-27,31-32,35-41,89-90H2,1-21H3,(H,91,123)(H,92,112)(H,93,113)(H,94,115)(H,95,114)(H,96,121)(H,97,124)(H,98,128)(H,99,111)(H,100,125)(H,101,122)(H,102,126)(H,103,117)(H,104,116)(H,105,118)(H,106,119)(H,107,127)(H,108,120)/b58-23-,59-24+. The van der Waals surface area contributed by atoms with E-state index < -0.39 is 269 Å². The summed E-state index contributed by atoms with van der Waals surface area (Å²) in [6, 6.07) is -15.7. The Bertz CT molecular complexity index is 4230. The lowest BCUT2D eigenvalue weighted by atomic mass is 10.0. The molecule has 2 heterocycles. The number of nitrogens with zero attached hydrogens (tertiary/aromatic N) is 1. The number of hydrogen-bond donors (Lipinski definition) is 21. The summed E-state index contributed by atoms with van der Waals surface area (Å²) in [5.41, 5.74) is 12.3. The van der Waals surface area contributed by atoms with Crippen molar-refractivity contribution < 1.29 is 106 Å². The van der Waals surface area contributed by atoms with E-state index in [0.29, 0.717) is 18.4 Å². The first-order valence-corrected chi connectivity index (χ1v) is 44.8. The molecule has 131 heavy (non-hydrogen) atoms. The van der Waals surface area contributed by atoms with Gasteiger partial charge < -0.3 is 122 Å². The molecular formula is C88H143N21O22. The van der Waals surface area contributed by atoms with Gasteiger partial charge in [0, 0.05) is 25.0 Å². The second-order valence-corrected chi connectivity index (χ2v) is 35.0. The Labute approximate surface area is 765 Å². The van der Waals surface area contributed by atoms with Crippen LogP contribution in [-0.4, -0.2) is 262 Å². The highest BCUT2D eigenvalue weighted by Gasteiger charge is 2.43. The van der Waals surface area contributed by atoms with E-state index in [1.165, 1.54) is 87.1 Å². The Kier molecular flexibility index (Phi) is 47.7. The third kappa shape index (κ3) is 37.4. The van der Waals surface area contributed by atoms with Crippen molar-refractivity contribution in [3.8, 4) is 0 Å². The van der Waals surface area contributed by atoms with Crippen LogP contribution in [0, 0.1) is 23.7 Å². The van der Waals surface area contributed by atoms with E-state index in [1.54, 1.807) is 78.8 Å². The minimum atomic E-state index is -1.85. The van der Waals surface area contributed by atoms with E-state index >= 15 is 0 Å². The summed E-state index contributed by atoms with van der Waals surface area (Å²) in [5.74, 6) is -19.5. The molecule has 1 aromatic carbocycles. The molecule has 732 valence electrons. The van der Waals surface area contributed by atoms with Crippen LogP contribution in [0.3, 0.4) is 0 Å². The van der Waals surface area contributed by atoms with Crippen molar-refractivity contribution in [1.29, 1.82) is 0 Å². The molecule has 2 aliphatic heterocycles. The van der Waals surface area contributed by atoms with Gasteiger partial charge in [-0.25, -0.2) is 4.79 Å². The highest BCUT2D eigenvalue weighted by Crippen LogP contribution is 2.22. The molecule has 20 atom stereocenters. The number of carbonyl (C=O) groups is 20. The van der Waals surface area contributed by atoms with Gasteiger partial charge in [0.15, 0.2) is 0 Å². The number of cyclic esters (lactones) is 1. The molecule has 1 aromatic rings. The average Bonchev–Trinajstić information content (AvgIpc) is 1.77. The summed E-state index contributed by atoms with van der Waals surface area (Å²) in [4.78, 5) is 276. The zero-order chi connectivity index (χ0) is 99.3. The molecule has 2 saturated heterocycles. The molecule has 0 spiro atoms. The van der Waals surface area contributed by atoms with Gasteiger partial charge in [-0.2, -0.15) is 0 Å². The number of amides is 19. The van der Waals surface area contributed by atoms with Gasteiger partial charge in [0.05, 0.1) is 19.1 Å². The van der Waals surface area contributed by atoms with Crippen LogP contribution < -0.4 is 107 Å². The van der Waals surface area contributed by atoms with Crippen molar-refractivity contribution in [3.05, 3.63) is 59.4 Å². The maximum absolute atomic E-state index is 14.3. The number of aliphatic hydroxyl groups is 1. The zero-order valence-electron chi connectivity index (χ0n) is 79.2. The topological polar surface area (TPSA) is 643 Å². The van der Waals surface area contributed by atoms with Crippen LogP contribution >= 0.6 is 0 Å². The Morgan fingerprint density at radius 1 is 0.504 bits per heavy atom. The number of rotatable bonds is 45. The fourth-order valence-corrected chi connectivity index (χ4v) is 13.7. The summed E-state index contributed by atoms with van der Waals surface area (Å²) >= 11 is 0. The van der Waals surface area contributed by atoms with E-state index in [1.807, 2.05) is 13.8 Å². The minimum Gasteiger partial charge on any atom is -0.458 e. The molecule has 3 rings (SSSR count). The molecule has 0 bridgehead atoms. The van der Waals surface area contributed by atoms with Crippen LogP contribution in [0.1, 0.15) is 215 Å². The van der Waals surface area contributed by atoms with Gasteiger partial charge in [0.25, 0.3) is 11.8 Å². The molecule has 19 amide bonds. The van der Waals surface area contributed by atoms with Crippen LogP contribution in [0.15, 0.2) is 53.9 Å². The van der Waals surface area contributed by atoms with Crippen molar-refractivity contribution in [3.63, 3.8) is 0 Å². The Hall–Kier alpha value is -12.0. The summed E-state index contributed by atoms with van der Waals surface area (Å²) in [7, 11) is 0. The van der Waals surface area contributed by atoms with Crippen LogP contribution in [-0.2, 0) is 107 Å². The third-order valence-electron chi connectivity index (χ3n) is 21.7. The molecule has 0 radical (unpaired) electrons. The van der Waals surface area contributed by atoms with E-state index in [0.717, 1.165) is 38.2 Å². The lowest BCUT2D eigenvalue weighted by Gasteiger charge is -2.31. The quantitative estimate of drug-likeness (QED) is 0.0172. The number of esters is 1. The van der Waals surface area contributed by atoms with Crippen molar-refractivity contribution in [1.82, 2.24) is 101 Å². The number of hydrogen-bond acceptors (Lipinski definition) is 24. The van der Waals surface area contributed by atoms with Gasteiger partial charge in [-0.3, -0.25) is 91.1 Å². The Morgan fingerprint density at radius 3 is 1.44 bits per heavy atom. The van der Waals surface area contributed by atoms with Crippen LogP contribution in [0.5, 0.6) is 0 Å². The van der Waals surface area contributed by atoms with E-state index in [-0.39, 0.29) is 43.8 Å². The molecule has 20 unspecified atom stereocenters. The van der Waals surface area contributed by atoms with E-state index in [4.69, 9.17) is 16.2 Å². The predicted octanol–water partition coefficient (Wildman–Crippen LogP) is -3.45. The molecule has 23 N–H and O–H groups in total. The van der Waals surface area contributed by atoms with Gasteiger partial charge in [-0.1, -0.05) is 137 Å². The zero-order valence-corrected chi connectivity index (χ0v) is 79.2. The van der Waals surface area contributed by atoms with Gasteiger partial charge in [0.2, 0.25) is 100 Å². The molecular weight excluding hydrogens is 1700 g/mol. The lowest BCUT2D eigenvalue weighted by molar-refractivity contribution is -0.156. The summed E-state index contributed by atoms with van der Waals surface area (Å²) in [6.45, 7) is 30.6. The first-order chi connectivity index (χ1) is 61.3. The monoisotopic (exact) mass is 1850 g/mol.